The molecular formula is C16H27NO5. The van der Waals surface area contributed by atoms with Crippen LogP contribution in [0.25, 0.3) is 0 Å². The first-order valence-corrected chi connectivity index (χ1v) is 7.49. The fourth-order valence-electron chi connectivity index (χ4n) is 2.22. The summed E-state index contributed by atoms with van der Waals surface area (Å²) in [4.78, 5) is 25.7. The molecule has 0 aliphatic carbocycles. The number of carbonyl (C=O) groups is 2. The lowest BCUT2D eigenvalue weighted by molar-refractivity contribution is -0.138. The molecular weight excluding hydrogens is 286 g/mol. The van der Waals surface area contributed by atoms with E-state index < -0.39 is 23.4 Å². The van der Waals surface area contributed by atoms with Gasteiger partial charge in [0.2, 0.25) is 0 Å². The first-order valence-electron chi connectivity index (χ1n) is 7.49. The Kier molecular flexibility index (Phi) is 5.62. The van der Waals surface area contributed by atoms with Gasteiger partial charge in [0.25, 0.3) is 0 Å². The molecule has 0 unspecified atom stereocenters. The van der Waals surface area contributed by atoms with Crippen molar-refractivity contribution < 1.29 is 23.8 Å². The van der Waals surface area contributed by atoms with Crippen LogP contribution in [0.15, 0.2) is 11.6 Å². The predicted octanol–water partition coefficient (Wildman–Crippen LogP) is 2.87. The topological polar surface area (TPSA) is 65.1 Å². The molecule has 0 bridgehead atoms. The van der Waals surface area contributed by atoms with E-state index in [9.17, 15) is 9.59 Å². The molecule has 1 amide bonds. The Balaban J connectivity index is 2.97. The lowest BCUT2D eigenvalue weighted by atomic mass is 10.1. The fraction of sp³-hybridized carbons (Fsp3) is 0.750. The second kappa shape index (κ2) is 6.69. The third-order valence-corrected chi connectivity index (χ3v) is 3.15. The van der Waals surface area contributed by atoms with Crippen molar-refractivity contribution in [3.05, 3.63) is 11.6 Å². The summed E-state index contributed by atoms with van der Waals surface area (Å²) in [6.07, 6.45) is 1.23. The van der Waals surface area contributed by atoms with Crippen molar-refractivity contribution in [3.63, 3.8) is 0 Å². The van der Waals surface area contributed by atoms with Gasteiger partial charge in [-0.25, -0.2) is 9.59 Å². The molecule has 1 saturated heterocycles. The Labute approximate surface area is 132 Å². The lowest BCUT2D eigenvalue weighted by Gasteiger charge is -2.34. The highest BCUT2D eigenvalue weighted by atomic mass is 16.6. The van der Waals surface area contributed by atoms with Crippen LogP contribution in [0.2, 0.25) is 0 Å². The van der Waals surface area contributed by atoms with E-state index in [1.165, 1.54) is 4.90 Å². The molecule has 0 aromatic carbocycles. The number of esters is 1. The summed E-state index contributed by atoms with van der Waals surface area (Å²) in [5.74, 6) is -0.392. The molecule has 1 rings (SSSR count). The minimum absolute atomic E-state index is 0.309. The minimum atomic E-state index is -0.793. The zero-order valence-corrected chi connectivity index (χ0v) is 14.6. The highest BCUT2D eigenvalue weighted by Crippen LogP contribution is 2.30. The predicted molar refractivity (Wildman–Crippen MR) is 82.3 cm³/mol. The van der Waals surface area contributed by atoms with Gasteiger partial charge in [-0.05, 0) is 54.5 Å². The minimum Gasteiger partial charge on any atom is -0.463 e. The lowest BCUT2D eigenvalue weighted by Crippen LogP contribution is -2.49. The molecule has 0 spiro atoms. The van der Waals surface area contributed by atoms with Crippen LogP contribution < -0.4 is 0 Å². The normalized spacial score (nSPS) is 21.7. The van der Waals surface area contributed by atoms with E-state index in [1.807, 2.05) is 20.8 Å². The Hall–Kier alpha value is -1.56. The number of amides is 1. The first-order chi connectivity index (χ1) is 9.98. The molecule has 0 N–H and O–H groups in total. The molecule has 126 valence electrons. The van der Waals surface area contributed by atoms with Crippen molar-refractivity contribution in [1.29, 1.82) is 0 Å². The highest BCUT2D eigenvalue weighted by molar-refractivity contribution is 5.88. The zero-order valence-electron chi connectivity index (χ0n) is 14.6. The number of carbonyl (C=O) groups excluding carboxylic acids is 2. The first kappa shape index (κ1) is 18.5. The van der Waals surface area contributed by atoms with E-state index in [-0.39, 0.29) is 6.04 Å². The third-order valence-electron chi connectivity index (χ3n) is 3.15. The maximum atomic E-state index is 12.4. The fourth-order valence-corrected chi connectivity index (χ4v) is 2.22. The van der Waals surface area contributed by atoms with Gasteiger partial charge < -0.3 is 14.2 Å². The number of hydrogen-bond donors (Lipinski definition) is 0. The van der Waals surface area contributed by atoms with Gasteiger partial charge in [0.15, 0.2) is 0 Å². The van der Waals surface area contributed by atoms with E-state index in [2.05, 4.69) is 0 Å². The smallest absolute Gasteiger partial charge is 0.413 e. The number of rotatable bonds is 3. The van der Waals surface area contributed by atoms with Crippen molar-refractivity contribution >= 4 is 12.1 Å². The second-order valence-electron chi connectivity index (χ2n) is 6.75. The molecule has 0 aromatic rings. The summed E-state index contributed by atoms with van der Waals surface area (Å²) in [6, 6.07) is -0.366. The summed E-state index contributed by atoms with van der Waals surface area (Å²) < 4.78 is 16.1. The molecule has 1 heterocycles. The quantitative estimate of drug-likeness (QED) is 0.592. The van der Waals surface area contributed by atoms with E-state index in [0.29, 0.717) is 18.8 Å². The number of nitrogens with zero attached hydrogens (tertiary/aromatic N) is 1. The average Bonchev–Trinajstić information content (AvgIpc) is 2.62. The van der Waals surface area contributed by atoms with Crippen LogP contribution in [0.3, 0.4) is 0 Å². The second-order valence-corrected chi connectivity index (χ2v) is 6.75. The summed E-state index contributed by atoms with van der Waals surface area (Å²) in [6.45, 7) is 13.1. The van der Waals surface area contributed by atoms with Crippen molar-refractivity contribution in [3.8, 4) is 0 Å². The Morgan fingerprint density at radius 2 is 1.95 bits per heavy atom. The van der Waals surface area contributed by atoms with Gasteiger partial charge in [-0.1, -0.05) is 0 Å². The van der Waals surface area contributed by atoms with Gasteiger partial charge in [-0.15, -0.1) is 0 Å². The van der Waals surface area contributed by atoms with Gasteiger partial charge in [0.1, 0.15) is 11.3 Å². The van der Waals surface area contributed by atoms with Crippen LogP contribution in [0, 0.1) is 0 Å². The van der Waals surface area contributed by atoms with Crippen molar-refractivity contribution in [2.75, 3.05) is 13.2 Å². The monoisotopic (exact) mass is 313 g/mol. The Morgan fingerprint density at radius 3 is 2.45 bits per heavy atom. The van der Waals surface area contributed by atoms with E-state index in [1.54, 1.807) is 33.8 Å². The van der Waals surface area contributed by atoms with Gasteiger partial charge in [-0.3, -0.25) is 4.90 Å². The molecule has 0 saturated carbocycles. The van der Waals surface area contributed by atoms with Gasteiger partial charge >= 0.3 is 12.1 Å². The van der Waals surface area contributed by atoms with E-state index in [4.69, 9.17) is 14.2 Å². The SMILES string of the molecule is CCOC(=O)/C(C)=C\[C@@H]1COC(C)(C)N1C(=O)OC(C)(C)C. The van der Waals surface area contributed by atoms with Gasteiger partial charge in [0.05, 0.1) is 19.3 Å². The van der Waals surface area contributed by atoms with Crippen LogP contribution in [0.4, 0.5) is 4.79 Å². The summed E-state index contributed by atoms with van der Waals surface area (Å²) in [7, 11) is 0. The maximum Gasteiger partial charge on any atom is 0.413 e. The summed E-state index contributed by atoms with van der Waals surface area (Å²) in [5.41, 5.74) is -0.944. The molecule has 1 aliphatic heterocycles. The Morgan fingerprint density at radius 1 is 1.36 bits per heavy atom. The van der Waals surface area contributed by atoms with Crippen molar-refractivity contribution in [2.24, 2.45) is 0 Å². The molecule has 6 nitrogen and oxygen atoms in total. The maximum absolute atomic E-state index is 12.4. The van der Waals surface area contributed by atoms with Crippen LogP contribution in [0.1, 0.15) is 48.5 Å². The van der Waals surface area contributed by atoms with E-state index in [0.717, 1.165) is 0 Å². The molecule has 0 radical (unpaired) electrons. The van der Waals surface area contributed by atoms with E-state index >= 15 is 0 Å². The van der Waals surface area contributed by atoms with Gasteiger partial charge in [0, 0.05) is 5.57 Å². The molecule has 1 fully saturated rings. The van der Waals surface area contributed by atoms with Crippen LogP contribution in [-0.2, 0) is 19.0 Å². The number of ether oxygens (including phenoxy) is 3. The summed E-state index contributed by atoms with van der Waals surface area (Å²) in [5, 5.41) is 0. The molecule has 1 atom stereocenters. The van der Waals surface area contributed by atoms with Crippen molar-refractivity contribution in [1.82, 2.24) is 4.90 Å². The van der Waals surface area contributed by atoms with Crippen molar-refractivity contribution in [2.45, 2.75) is 65.8 Å². The molecule has 6 heteroatoms. The van der Waals surface area contributed by atoms with Gasteiger partial charge in [-0.2, -0.15) is 0 Å². The van der Waals surface area contributed by atoms with Crippen LogP contribution in [0.5, 0.6) is 0 Å². The van der Waals surface area contributed by atoms with Crippen LogP contribution in [-0.4, -0.2) is 47.5 Å². The average molecular weight is 313 g/mol. The molecule has 22 heavy (non-hydrogen) atoms. The molecule has 0 aromatic heterocycles. The Bertz CT molecular complexity index is 462. The zero-order chi connectivity index (χ0) is 17.1. The highest BCUT2D eigenvalue weighted by Gasteiger charge is 2.45. The number of hydrogen-bond acceptors (Lipinski definition) is 5. The molecule has 1 aliphatic rings. The van der Waals surface area contributed by atoms with Crippen LogP contribution >= 0.6 is 0 Å². The standard InChI is InChI=1S/C16H27NO5/c1-8-20-13(18)11(2)9-12-10-21-16(6,7)17(12)14(19)22-15(3,4)5/h9,12H,8,10H2,1-7H3/b11-9-/t12-/m1/s1. The summed E-state index contributed by atoms with van der Waals surface area (Å²) >= 11 is 0. The largest absolute Gasteiger partial charge is 0.463 e. The third kappa shape index (κ3) is 4.73.